The molecule has 2 unspecified atom stereocenters. The number of hydrogen-bond acceptors (Lipinski definition) is 6. The number of nitrogens with zero attached hydrogens (tertiary/aromatic N) is 1. The first kappa shape index (κ1) is 28.4. The van der Waals surface area contributed by atoms with Gasteiger partial charge in [-0.1, -0.05) is 23.7 Å². The lowest BCUT2D eigenvalue weighted by molar-refractivity contribution is -0.136. The lowest BCUT2D eigenvalue weighted by atomic mass is 9.83. The van der Waals surface area contributed by atoms with E-state index in [1.54, 1.807) is 4.90 Å². The number of hydrogen-bond donors (Lipinski definition) is 3. The Labute approximate surface area is 232 Å². The van der Waals surface area contributed by atoms with Gasteiger partial charge in [0.15, 0.2) is 0 Å². The number of benzene rings is 2. The average molecular weight is 556 g/mol. The number of nitrogens with two attached hydrogens (primary N) is 1. The summed E-state index contributed by atoms with van der Waals surface area (Å²) in [6.07, 6.45) is 1.24. The molecule has 4 rings (SSSR count). The van der Waals surface area contributed by atoms with Gasteiger partial charge in [-0.25, -0.2) is 4.79 Å². The van der Waals surface area contributed by atoms with Crippen LogP contribution in [-0.2, 0) is 14.4 Å². The second-order valence-corrected chi connectivity index (χ2v) is 10.4. The van der Waals surface area contributed by atoms with E-state index in [2.05, 4.69) is 5.32 Å². The van der Waals surface area contributed by atoms with Crippen molar-refractivity contribution in [2.75, 3.05) is 26.3 Å². The molecule has 0 radical (unpaired) electrons. The molecule has 2 aliphatic heterocycles. The van der Waals surface area contributed by atoms with Crippen LogP contribution >= 0.6 is 11.6 Å². The summed E-state index contributed by atoms with van der Waals surface area (Å²) in [5.74, 6) is -0.271. The summed E-state index contributed by atoms with van der Waals surface area (Å²) in [4.78, 5) is 37.6. The van der Waals surface area contributed by atoms with Crippen molar-refractivity contribution in [1.82, 2.24) is 10.2 Å². The van der Waals surface area contributed by atoms with Gasteiger partial charge in [-0.15, -0.1) is 0 Å². The van der Waals surface area contributed by atoms with Crippen LogP contribution in [0.3, 0.4) is 0 Å². The highest BCUT2D eigenvalue weighted by molar-refractivity contribution is 6.32. The Balaban J connectivity index is 1.38. The van der Waals surface area contributed by atoms with Crippen LogP contribution in [0.5, 0.6) is 11.5 Å². The van der Waals surface area contributed by atoms with Crippen molar-refractivity contribution in [2.45, 2.75) is 51.6 Å². The summed E-state index contributed by atoms with van der Waals surface area (Å²) in [5.41, 5.74) is 9.21. The third-order valence-corrected chi connectivity index (χ3v) is 7.46. The second-order valence-electron chi connectivity index (χ2n) is 10.0. The molecule has 2 aromatic rings. The molecule has 2 heterocycles. The van der Waals surface area contributed by atoms with Gasteiger partial charge in [0.2, 0.25) is 11.8 Å². The first-order valence-corrected chi connectivity index (χ1v) is 13.4. The summed E-state index contributed by atoms with van der Waals surface area (Å²) in [6.45, 7) is 5.39. The van der Waals surface area contributed by atoms with Crippen molar-refractivity contribution in [2.24, 2.45) is 5.73 Å². The van der Waals surface area contributed by atoms with Gasteiger partial charge in [-0.3, -0.25) is 9.59 Å². The lowest BCUT2D eigenvalue weighted by Gasteiger charge is -2.43. The number of rotatable bonds is 11. The predicted octanol–water partition coefficient (Wildman–Crippen LogP) is 3.48. The van der Waals surface area contributed by atoms with Crippen LogP contribution in [0.15, 0.2) is 42.0 Å². The number of nitrogens with one attached hydrogen (secondary N) is 1. The Morgan fingerprint density at radius 2 is 1.74 bits per heavy atom. The number of aryl methyl sites for hydroxylation is 2. The number of carboxylic acid groups (broad SMARTS) is 1. The van der Waals surface area contributed by atoms with Gasteiger partial charge in [0.1, 0.15) is 24.7 Å². The average Bonchev–Trinajstić information content (AvgIpc) is 2.88. The normalized spacial score (nSPS) is 18.6. The number of amides is 2. The minimum absolute atomic E-state index is 0.0627. The maximum Gasteiger partial charge on any atom is 0.333 e. The number of fused-ring (bicyclic) bond motifs is 2. The van der Waals surface area contributed by atoms with E-state index in [0.717, 1.165) is 22.3 Å². The fourth-order valence-electron chi connectivity index (χ4n) is 5.07. The monoisotopic (exact) mass is 555 g/mol. The Morgan fingerprint density at radius 1 is 1.05 bits per heavy atom. The van der Waals surface area contributed by atoms with Gasteiger partial charge in [0.25, 0.3) is 0 Å². The minimum atomic E-state index is -1.01. The van der Waals surface area contributed by atoms with E-state index in [9.17, 15) is 19.5 Å². The molecular weight excluding hydrogens is 522 g/mol. The van der Waals surface area contributed by atoms with Crippen LogP contribution in [0.1, 0.15) is 42.4 Å². The van der Waals surface area contributed by atoms with Gasteiger partial charge in [0, 0.05) is 32.0 Å². The van der Waals surface area contributed by atoms with Crippen molar-refractivity contribution in [3.05, 3.63) is 63.7 Å². The van der Waals surface area contributed by atoms with Crippen molar-refractivity contribution < 1.29 is 29.0 Å². The van der Waals surface area contributed by atoms with Gasteiger partial charge in [0.05, 0.1) is 16.6 Å². The topological polar surface area (TPSA) is 131 Å². The summed E-state index contributed by atoms with van der Waals surface area (Å²) >= 11 is 6.26. The molecule has 10 heteroatoms. The molecule has 1 fully saturated rings. The van der Waals surface area contributed by atoms with E-state index >= 15 is 0 Å². The molecule has 2 atom stereocenters. The van der Waals surface area contributed by atoms with Gasteiger partial charge in [-0.2, -0.15) is 0 Å². The van der Waals surface area contributed by atoms with Crippen LogP contribution in [0.2, 0.25) is 5.02 Å². The quantitative estimate of drug-likeness (QED) is 0.362. The number of ether oxygens (including phenoxy) is 2. The van der Waals surface area contributed by atoms with Gasteiger partial charge < -0.3 is 30.5 Å². The SMILES string of the molecule is Cc1cc(Cl)c(OCCOc2ccc(C3=C(C(=O)O)C4CN(C(=O)CCCC(N)=O)CC(C3)N4)cc2)cc1C. The Bertz CT molecular complexity index is 1280. The molecule has 9 nitrogen and oxygen atoms in total. The first-order chi connectivity index (χ1) is 18.6. The number of primary amides is 1. The Morgan fingerprint density at radius 3 is 2.44 bits per heavy atom. The molecule has 2 amide bonds. The smallest absolute Gasteiger partial charge is 0.333 e. The third kappa shape index (κ3) is 7.10. The number of aliphatic carboxylic acids is 1. The van der Waals surface area contributed by atoms with Crippen LogP contribution in [0.25, 0.3) is 5.57 Å². The molecule has 2 aliphatic rings. The van der Waals surface area contributed by atoms with Crippen LogP contribution < -0.4 is 20.5 Å². The zero-order valence-electron chi connectivity index (χ0n) is 22.2. The molecule has 0 aromatic heterocycles. The largest absolute Gasteiger partial charge is 0.490 e. The second kappa shape index (κ2) is 12.5. The highest BCUT2D eigenvalue weighted by Crippen LogP contribution is 2.34. The standard InChI is InChI=1S/C29H34ClN3O6/c1-17-12-23(30)25(13-18(17)2)39-11-10-38-21-8-6-19(7-9-21)22-14-20-15-33(27(35)5-3-4-26(31)34)16-24(32-20)28(22)29(36)37/h6-9,12-13,20,24,32H,3-5,10-11,14-16H2,1-2H3,(H2,31,34)(H,36,37). The van der Waals surface area contributed by atoms with Crippen molar-refractivity contribution in [1.29, 1.82) is 0 Å². The summed E-state index contributed by atoms with van der Waals surface area (Å²) in [7, 11) is 0. The third-order valence-electron chi connectivity index (χ3n) is 7.16. The molecule has 208 valence electrons. The zero-order valence-corrected chi connectivity index (χ0v) is 22.9. The highest BCUT2D eigenvalue weighted by Gasteiger charge is 2.39. The van der Waals surface area contributed by atoms with E-state index in [1.165, 1.54) is 0 Å². The highest BCUT2D eigenvalue weighted by atomic mass is 35.5. The van der Waals surface area contributed by atoms with Crippen molar-refractivity contribution in [3.63, 3.8) is 0 Å². The van der Waals surface area contributed by atoms with E-state index < -0.39 is 17.9 Å². The molecule has 39 heavy (non-hydrogen) atoms. The van der Waals surface area contributed by atoms with E-state index in [1.807, 2.05) is 50.2 Å². The summed E-state index contributed by atoms with van der Waals surface area (Å²) in [6, 6.07) is 10.6. The van der Waals surface area contributed by atoms with Crippen LogP contribution in [0, 0.1) is 13.8 Å². The Kier molecular flexibility index (Phi) is 9.14. The molecule has 2 aromatic carbocycles. The minimum Gasteiger partial charge on any atom is -0.490 e. The zero-order chi connectivity index (χ0) is 28.1. The number of carbonyl (C=O) groups excluding carboxylic acids is 2. The molecular formula is C29H34ClN3O6. The molecule has 0 aliphatic carbocycles. The van der Waals surface area contributed by atoms with Crippen molar-refractivity contribution in [3.8, 4) is 11.5 Å². The fraction of sp³-hybridized carbons (Fsp3) is 0.414. The lowest BCUT2D eigenvalue weighted by Crippen LogP contribution is -2.61. The first-order valence-electron chi connectivity index (χ1n) is 13.0. The van der Waals surface area contributed by atoms with E-state index in [4.69, 9.17) is 26.8 Å². The number of carbonyl (C=O) groups is 3. The Hall–Kier alpha value is -3.56. The summed E-state index contributed by atoms with van der Waals surface area (Å²) < 4.78 is 11.6. The molecule has 0 saturated carbocycles. The maximum atomic E-state index is 12.7. The van der Waals surface area contributed by atoms with Gasteiger partial charge >= 0.3 is 5.97 Å². The number of carboxylic acids is 1. The van der Waals surface area contributed by atoms with Crippen molar-refractivity contribution >= 4 is 35.0 Å². The summed E-state index contributed by atoms with van der Waals surface area (Å²) in [5, 5.41) is 14.0. The van der Waals surface area contributed by atoms with Crippen LogP contribution in [0.4, 0.5) is 0 Å². The number of piperazine rings is 1. The maximum absolute atomic E-state index is 12.7. The van der Waals surface area contributed by atoms with Crippen LogP contribution in [-0.4, -0.2) is 66.2 Å². The fourth-order valence-corrected chi connectivity index (χ4v) is 5.34. The van der Waals surface area contributed by atoms with E-state index in [-0.39, 0.29) is 36.9 Å². The molecule has 1 saturated heterocycles. The molecule has 2 bridgehead atoms. The number of halogens is 1. The van der Waals surface area contributed by atoms with E-state index in [0.29, 0.717) is 49.1 Å². The van der Waals surface area contributed by atoms with Gasteiger partial charge in [-0.05, 0) is 73.2 Å². The predicted molar refractivity (Wildman–Crippen MR) is 148 cm³/mol. The molecule has 4 N–H and O–H groups in total. The molecule has 0 spiro atoms.